The highest BCUT2D eigenvalue weighted by molar-refractivity contribution is 5.82. The van der Waals surface area contributed by atoms with Crippen molar-refractivity contribution in [1.29, 1.82) is 0 Å². The van der Waals surface area contributed by atoms with Crippen molar-refractivity contribution in [3.63, 3.8) is 0 Å². The van der Waals surface area contributed by atoms with Gasteiger partial charge in [0.25, 0.3) is 5.91 Å². The van der Waals surface area contributed by atoms with Gasteiger partial charge in [-0.05, 0) is 25.2 Å². The van der Waals surface area contributed by atoms with Crippen LogP contribution in [0.15, 0.2) is 0 Å². The summed E-state index contributed by atoms with van der Waals surface area (Å²) >= 11 is 0. The van der Waals surface area contributed by atoms with Gasteiger partial charge < -0.3 is 20.8 Å². The van der Waals surface area contributed by atoms with E-state index in [2.05, 4.69) is 10.6 Å². The van der Waals surface area contributed by atoms with Crippen molar-refractivity contribution in [3.05, 3.63) is 0 Å². The summed E-state index contributed by atoms with van der Waals surface area (Å²) in [5.41, 5.74) is 0. The first-order chi connectivity index (χ1) is 8.56. The van der Waals surface area contributed by atoms with Gasteiger partial charge in [-0.15, -0.1) is 0 Å². The Morgan fingerprint density at radius 3 is 2.33 bits per heavy atom. The number of hydrogen-bond donors (Lipinski definition) is 4. The van der Waals surface area contributed by atoms with Gasteiger partial charge in [0.15, 0.2) is 6.10 Å². The quantitative estimate of drug-likeness (QED) is 0.554. The minimum atomic E-state index is -1.29. The fraction of sp³-hybridized carbons (Fsp3) is 0.833. The average Bonchev–Trinajstić information content (AvgIpc) is 3.03. The number of carboxylic acid groups (broad SMARTS) is 1. The third kappa shape index (κ3) is 3.60. The predicted molar refractivity (Wildman–Crippen MR) is 64.1 cm³/mol. The van der Waals surface area contributed by atoms with Gasteiger partial charge in [-0.25, -0.2) is 4.79 Å². The maximum atomic E-state index is 11.7. The minimum Gasteiger partial charge on any atom is -0.465 e. The molecule has 0 aliphatic heterocycles. The summed E-state index contributed by atoms with van der Waals surface area (Å²) in [7, 11) is 0. The summed E-state index contributed by atoms with van der Waals surface area (Å²) < 4.78 is 0. The largest absolute Gasteiger partial charge is 0.465 e. The second-order valence-electron chi connectivity index (χ2n) is 5.32. The lowest BCUT2D eigenvalue weighted by Crippen LogP contribution is -2.51. The van der Waals surface area contributed by atoms with Crippen LogP contribution in [-0.4, -0.2) is 40.4 Å². The Labute approximate surface area is 106 Å². The average molecular weight is 256 g/mol. The van der Waals surface area contributed by atoms with Gasteiger partial charge in [0, 0.05) is 6.04 Å². The van der Waals surface area contributed by atoms with Crippen molar-refractivity contribution in [2.75, 3.05) is 0 Å². The number of rotatable bonds is 6. The number of aliphatic hydroxyl groups excluding tert-OH is 1. The summed E-state index contributed by atoms with van der Waals surface area (Å²) in [5.74, 6) is -0.0409. The van der Waals surface area contributed by atoms with Crippen LogP contribution in [-0.2, 0) is 4.79 Å². The SMILES string of the molecule is O=C(O)NC(CC1CCC1)C(O)C(=O)NC1CC1. The van der Waals surface area contributed by atoms with Gasteiger partial charge in [-0.1, -0.05) is 19.3 Å². The van der Waals surface area contributed by atoms with E-state index in [-0.39, 0.29) is 6.04 Å². The van der Waals surface area contributed by atoms with Crippen LogP contribution in [0.5, 0.6) is 0 Å². The van der Waals surface area contributed by atoms with Crippen LogP contribution < -0.4 is 10.6 Å². The molecule has 0 aromatic rings. The first kappa shape index (κ1) is 13.1. The van der Waals surface area contributed by atoms with Crippen molar-refractivity contribution in [3.8, 4) is 0 Å². The first-order valence-electron chi connectivity index (χ1n) is 6.54. The van der Waals surface area contributed by atoms with E-state index in [1.165, 1.54) is 0 Å². The Bertz CT molecular complexity index is 326. The highest BCUT2D eigenvalue weighted by atomic mass is 16.4. The third-order valence-electron chi connectivity index (χ3n) is 3.69. The van der Waals surface area contributed by atoms with Gasteiger partial charge >= 0.3 is 6.09 Å². The molecular weight excluding hydrogens is 236 g/mol. The van der Waals surface area contributed by atoms with Crippen molar-refractivity contribution in [2.24, 2.45) is 5.92 Å². The Morgan fingerprint density at radius 2 is 1.89 bits per heavy atom. The van der Waals surface area contributed by atoms with Gasteiger partial charge in [0.2, 0.25) is 0 Å². The molecule has 6 heteroatoms. The third-order valence-corrected chi connectivity index (χ3v) is 3.69. The van der Waals surface area contributed by atoms with Crippen molar-refractivity contribution in [1.82, 2.24) is 10.6 Å². The van der Waals surface area contributed by atoms with Gasteiger partial charge in [0.1, 0.15) is 0 Å². The molecule has 2 amide bonds. The number of carbonyl (C=O) groups is 2. The molecule has 0 saturated heterocycles. The predicted octanol–water partition coefficient (Wildman–Crippen LogP) is 0.452. The summed E-state index contributed by atoms with van der Waals surface area (Å²) in [6, 6.07) is -0.534. The molecule has 0 heterocycles. The van der Waals surface area contributed by atoms with Crippen LogP contribution in [0.1, 0.15) is 38.5 Å². The maximum absolute atomic E-state index is 11.7. The molecule has 0 bridgehead atoms. The monoisotopic (exact) mass is 256 g/mol. The maximum Gasteiger partial charge on any atom is 0.404 e. The van der Waals surface area contributed by atoms with E-state index in [4.69, 9.17) is 5.11 Å². The van der Waals surface area contributed by atoms with Crippen LogP contribution in [0.3, 0.4) is 0 Å². The molecule has 2 aliphatic carbocycles. The Morgan fingerprint density at radius 1 is 1.22 bits per heavy atom. The molecule has 18 heavy (non-hydrogen) atoms. The molecule has 2 aliphatic rings. The molecular formula is C12H20N2O4. The standard InChI is InChI=1S/C12H20N2O4/c15-10(11(16)13-8-4-5-8)9(14-12(17)18)6-7-2-1-3-7/h7-10,14-15H,1-6H2,(H,13,16)(H,17,18). The fourth-order valence-electron chi connectivity index (χ4n) is 2.21. The molecule has 2 saturated carbocycles. The molecule has 102 valence electrons. The Balaban J connectivity index is 1.87. The van der Waals surface area contributed by atoms with Gasteiger partial charge in [0.05, 0.1) is 6.04 Å². The van der Waals surface area contributed by atoms with E-state index in [9.17, 15) is 14.7 Å². The summed E-state index contributed by atoms with van der Waals surface area (Å²) in [6.07, 6.45) is 3.18. The van der Waals surface area contributed by atoms with Crippen LogP contribution in [0.4, 0.5) is 4.79 Å². The second kappa shape index (κ2) is 5.56. The zero-order valence-electron chi connectivity index (χ0n) is 10.3. The highest BCUT2D eigenvalue weighted by Crippen LogP contribution is 2.31. The molecule has 0 aromatic carbocycles. The van der Waals surface area contributed by atoms with E-state index in [1.807, 2.05) is 0 Å². The lowest BCUT2D eigenvalue weighted by Gasteiger charge is -2.31. The molecule has 2 fully saturated rings. The van der Waals surface area contributed by atoms with E-state index in [0.29, 0.717) is 12.3 Å². The molecule has 6 nitrogen and oxygen atoms in total. The summed E-state index contributed by atoms with van der Waals surface area (Å²) in [6.45, 7) is 0. The summed E-state index contributed by atoms with van der Waals surface area (Å²) in [5, 5.41) is 23.6. The fourth-order valence-corrected chi connectivity index (χ4v) is 2.21. The van der Waals surface area contributed by atoms with Gasteiger partial charge in [-0.3, -0.25) is 4.79 Å². The molecule has 2 rings (SSSR count). The second-order valence-corrected chi connectivity index (χ2v) is 5.32. The van der Waals surface area contributed by atoms with Crippen molar-refractivity contribution < 1.29 is 19.8 Å². The number of hydrogen-bond acceptors (Lipinski definition) is 3. The smallest absolute Gasteiger partial charge is 0.404 e. The summed E-state index contributed by atoms with van der Waals surface area (Å²) in [4.78, 5) is 22.4. The number of amides is 2. The zero-order valence-corrected chi connectivity index (χ0v) is 10.3. The van der Waals surface area contributed by atoms with Gasteiger partial charge in [-0.2, -0.15) is 0 Å². The van der Waals surface area contributed by atoms with Crippen LogP contribution >= 0.6 is 0 Å². The number of aliphatic hydroxyl groups is 1. The normalized spacial score (nSPS) is 22.7. The first-order valence-corrected chi connectivity index (χ1v) is 6.54. The van der Waals surface area contributed by atoms with E-state index < -0.39 is 24.1 Å². The molecule has 2 atom stereocenters. The molecule has 4 N–H and O–H groups in total. The van der Waals surface area contributed by atoms with Crippen LogP contribution in [0.2, 0.25) is 0 Å². The van der Waals surface area contributed by atoms with Crippen LogP contribution in [0, 0.1) is 5.92 Å². The van der Waals surface area contributed by atoms with E-state index in [1.54, 1.807) is 0 Å². The molecule has 0 aromatic heterocycles. The van der Waals surface area contributed by atoms with E-state index >= 15 is 0 Å². The van der Waals surface area contributed by atoms with Crippen molar-refractivity contribution in [2.45, 2.75) is 56.7 Å². The zero-order chi connectivity index (χ0) is 13.1. The molecule has 0 spiro atoms. The lowest BCUT2D eigenvalue weighted by atomic mass is 9.80. The topological polar surface area (TPSA) is 98.7 Å². The Kier molecular flexibility index (Phi) is 4.06. The number of carbonyl (C=O) groups excluding carboxylic acids is 1. The lowest BCUT2D eigenvalue weighted by molar-refractivity contribution is -0.131. The Hall–Kier alpha value is -1.30. The highest BCUT2D eigenvalue weighted by Gasteiger charge is 2.34. The molecule has 2 unspecified atom stereocenters. The molecule has 0 radical (unpaired) electrons. The van der Waals surface area contributed by atoms with E-state index in [0.717, 1.165) is 32.1 Å². The van der Waals surface area contributed by atoms with Crippen LogP contribution in [0.25, 0.3) is 0 Å². The minimum absolute atomic E-state index is 0.168. The van der Waals surface area contributed by atoms with Crippen molar-refractivity contribution >= 4 is 12.0 Å². The number of nitrogens with one attached hydrogen (secondary N) is 2.